The SMILES string of the molecule is c1ccc(OC2CCOCC2)c(Nc2ncnc3[nH]c4c(c23)CCCC4)c1. The molecule has 3 heterocycles. The molecular weight excluding hydrogens is 340 g/mol. The Morgan fingerprint density at radius 2 is 1.93 bits per heavy atom. The van der Waals surface area contributed by atoms with Crippen molar-refractivity contribution in [3.8, 4) is 5.75 Å². The highest BCUT2D eigenvalue weighted by Crippen LogP contribution is 2.35. The minimum atomic E-state index is 0.201. The second kappa shape index (κ2) is 7.19. The van der Waals surface area contributed by atoms with E-state index in [9.17, 15) is 0 Å². The van der Waals surface area contributed by atoms with Gasteiger partial charge < -0.3 is 19.8 Å². The minimum absolute atomic E-state index is 0.201. The van der Waals surface area contributed by atoms with E-state index >= 15 is 0 Å². The summed E-state index contributed by atoms with van der Waals surface area (Å²) in [6.45, 7) is 1.53. The maximum absolute atomic E-state index is 6.27. The number of nitrogens with zero attached hydrogens (tertiary/aromatic N) is 2. The molecule has 1 aliphatic heterocycles. The average Bonchev–Trinajstić information content (AvgIpc) is 3.10. The van der Waals surface area contributed by atoms with Crippen LogP contribution in [0.3, 0.4) is 0 Å². The summed E-state index contributed by atoms with van der Waals surface area (Å²) in [4.78, 5) is 12.5. The molecule has 3 aromatic rings. The monoisotopic (exact) mass is 364 g/mol. The van der Waals surface area contributed by atoms with Crippen molar-refractivity contribution in [2.45, 2.75) is 44.6 Å². The summed E-state index contributed by atoms with van der Waals surface area (Å²) in [6.07, 6.45) is 8.30. The number of hydrogen-bond acceptors (Lipinski definition) is 5. The van der Waals surface area contributed by atoms with Gasteiger partial charge in [0.1, 0.15) is 29.6 Å². The Morgan fingerprint density at radius 3 is 2.85 bits per heavy atom. The largest absolute Gasteiger partial charge is 0.488 e. The Bertz CT molecular complexity index is 947. The van der Waals surface area contributed by atoms with E-state index in [2.05, 4.69) is 20.3 Å². The van der Waals surface area contributed by atoms with E-state index in [-0.39, 0.29) is 6.10 Å². The second-order valence-corrected chi connectivity index (χ2v) is 7.29. The van der Waals surface area contributed by atoms with Crippen LogP contribution in [0.2, 0.25) is 0 Å². The van der Waals surface area contributed by atoms with E-state index in [0.717, 1.165) is 67.2 Å². The van der Waals surface area contributed by atoms with Crippen LogP contribution >= 0.6 is 0 Å². The number of ether oxygens (including phenoxy) is 2. The van der Waals surface area contributed by atoms with Crippen LogP contribution in [0.25, 0.3) is 11.0 Å². The van der Waals surface area contributed by atoms with Crippen LogP contribution in [0.15, 0.2) is 30.6 Å². The predicted molar refractivity (Wildman–Crippen MR) is 105 cm³/mol. The third-order valence-corrected chi connectivity index (χ3v) is 5.49. The van der Waals surface area contributed by atoms with Gasteiger partial charge in [0.2, 0.25) is 0 Å². The number of fused-ring (bicyclic) bond motifs is 3. The number of aryl methyl sites for hydroxylation is 2. The second-order valence-electron chi connectivity index (χ2n) is 7.29. The molecule has 6 nitrogen and oxygen atoms in total. The zero-order valence-corrected chi connectivity index (χ0v) is 15.3. The van der Waals surface area contributed by atoms with Crippen molar-refractivity contribution in [3.05, 3.63) is 41.9 Å². The van der Waals surface area contributed by atoms with Gasteiger partial charge in [0, 0.05) is 18.5 Å². The van der Waals surface area contributed by atoms with Crippen molar-refractivity contribution >= 4 is 22.5 Å². The van der Waals surface area contributed by atoms with Crippen LogP contribution in [0, 0.1) is 0 Å². The van der Waals surface area contributed by atoms with Gasteiger partial charge in [0.15, 0.2) is 0 Å². The minimum Gasteiger partial charge on any atom is -0.488 e. The Balaban J connectivity index is 1.48. The molecule has 1 aliphatic carbocycles. The topological polar surface area (TPSA) is 72.1 Å². The first-order chi connectivity index (χ1) is 13.4. The van der Waals surface area contributed by atoms with E-state index in [0.29, 0.717) is 0 Å². The third kappa shape index (κ3) is 3.25. The molecule has 140 valence electrons. The molecule has 2 aromatic heterocycles. The van der Waals surface area contributed by atoms with Gasteiger partial charge in [-0.1, -0.05) is 12.1 Å². The molecular formula is C21H24N4O2. The van der Waals surface area contributed by atoms with Crippen molar-refractivity contribution in [1.29, 1.82) is 0 Å². The Hall–Kier alpha value is -2.60. The van der Waals surface area contributed by atoms with Crippen molar-refractivity contribution < 1.29 is 9.47 Å². The molecule has 0 radical (unpaired) electrons. The van der Waals surface area contributed by atoms with Crippen molar-refractivity contribution in [2.24, 2.45) is 0 Å². The lowest BCUT2D eigenvalue weighted by Crippen LogP contribution is -2.26. The summed E-state index contributed by atoms with van der Waals surface area (Å²) in [7, 11) is 0. The third-order valence-electron chi connectivity index (χ3n) is 5.49. The fourth-order valence-corrected chi connectivity index (χ4v) is 4.10. The van der Waals surface area contributed by atoms with Gasteiger partial charge >= 0.3 is 0 Å². The number of hydrogen-bond donors (Lipinski definition) is 2. The molecule has 0 bridgehead atoms. The summed E-state index contributed by atoms with van der Waals surface area (Å²) in [5, 5.41) is 4.63. The molecule has 0 amide bonds. The molecule has 1 aromatic carbocycles. The highest BCUT2D eigenvalue weighted by Gasteiger charge is 2.21. The normalized spacial score (nSPS) is 17.6. The molecule has 2 N–H and O–H groups in total. The molecule has 2 aliphatic rings. The lowest BCUT2D eigenvalue weighted by molar-refractivity contribution is 0.0258. The number of aromatic nitrogens is 3. The van der Waals surface area contributed by atoms with E-state index in [4.69, 9.17) is 9.47 Å². The van der Waals surface area contributed by atoms with E-state index < -0.39 is 0 Å². The van der Waals surface area contributed by atoms with Crippen molar-refractivity contribution in [3.63, 3.8) is 0 Å². The quantitative estimate of drug-likeness (QED) is 0.728. The molecule has 0 spiro atoms. The highest BCUT2D eigenvalue weighted by molar-refractivity contribution is 5.93. The molecule has 6 heteroatoms. The van der Waals surface area contributed by atoms with Gasteiger partial charge in [-0.3, -0.25) is 0 Å². The first kappa shape index (κ1) is 16.6. The summed E-state index contributed by atoms with van der Waals surface area (Å²) >= 11 is 0. The molecule has 0 saturated carbocycles. The standard InChI is InChI=1S/C21H24N4O2/c1-2-6-16-15(5-1)19-20(24-16)22-13-23-21(19)25-17-7-3-4-8-18(17)27-14-9-11-26-12-10-14/h3-4,7-8,13-14H,1-2,5-6,9-12H2,(H2,22,23,24,25). The number of anilines is 2. The predicted octanol–water partition coefficient (Wildman–Crippen LogP) is 4.14. The molecule has 1 saturated heterocycles. The van der Waals surface area contributed by atoms with Gasteiger partial charge in [0.25, 0.3) is 0 Å². The van der Waals surface area contributed by atoms with Crippen molar-refractivity contribution in [2.75, 3.05) is 18.5 Å². The summed E-state index contributed by atoms with van der Waals surface area (Å²) in [5.74, 6) is 1.71. The van der Waals surface area contributed by atoms with Crippen LogP contribution in [0.1, 0.15) is 36.9 Å². The van der Waals surface area contributed by atoms with E-state index in [1.165, 1.54) is 24.1 Å². The zero-order valence-electron chi connectivity index (χ0n) is 15.3. The highest BCUT2D eigenvalue weighted by atomic mass is 16.5. The summed E-state index contributed by atoms with van der Waals surface area (Å²) in [6, 6.07) is 8.09. The first-order valence-electron chi connectivity index (χ1n) is 9.83. The average molecular weight is 364 g/mol. The van der Waals surface area contributed by atoms with Crippen LogP contribution in [0.5, 0.6) is 5.75 Å². The Kier molecular flexibility index (Phi) is 4.41. The Morgan fingerprint density at radius 1 is 1.07 bits per heavy atom. The number of benzene rings is 1. The van der Waals surface area contributed by atoms with Crippen LogP contribution in [-0.2, 0) is 17.6 Å². The number of H-pyrrole nitrogens is 1. The zero-order chi connectivity index (χ0) is 18.1. The smallest absolute Gasteiger partial charge is 0.143 e. The Labute approximate surface area is 158 Å². The van der Waals surface area contributed by atoms with Gasteiger partial charge in [0.05, 0.1) is 24.3 Å². The molecule has 0 atom stereocenters. The summed E-state index contributed by atoms with van der Waals surface area (Å²) < 4.78 is 11.7. The lowest BCUT2D eigenvalue weighted by Gasteiger charge is -2.24. The number of aromatic amines is 1. The van der Waals surface area contributed by atoms with E-state index in [1.54, 1.807) is 6.33 Å². The van der Waals surface area contributed by atoms with Crippen LogP contribution < -0.4 is 10.1 Å². The maximum Gasteiger partial charge on any atom is 0.143 e. The maximum atomic E-state index is 6.27. The molecule has 27 heavy (non-hydrogen) atoms. The first-order valence-corrected chi connectivity index (χ1v) is 9.83. The molecule has 0 unspecified atom stereocenters. The number of nitrogens with one attached hydrogen (secondary N) is 2. The fourth-order valence-electron chi connectivity index (χ4n) is 4.10. The van der Waals surface area contributed by atoms with Gasteiger partial charge in [-0.25, -0.2) is 9.97 Å². The van der Waals surface area contributed by atoms with Crippen LogP contribution in [-0.4, -0.2) is 34.3 Å². The van der Waals surface area contributed by atoms with Crippen LogP contribution in [0.4, 0.5) is 11.5 Å². The number of para-hydroxylation sites is 2. The summed E-state index contributed by atoms with van der Waals surface area (Å²) in [5.41, 5.74) is 4.53. The lowest BCUT2D eigenvalue weighted by atomic mass is 9.96. The van der Waals surface area contributed by atoms with Crippen molar-refractivity contribution in [1.82, 2.24) is 15.0 Å². The van der Waals surface area contributed by atoms with E-state index in [1.807, 2.05) is 24.3 Å². The van der Waals surface area contributed by atoms with Gasteiger partial charge in [-0.05, 0) is 43.4 Å². The number of rotatable bonds is 4. The fraction of sp³-hybridized carbons (Fsp3) is 0.429. The molecule has 1 fully saturated rings. The molecule has 5 rings (SSSR count). The van der Waals surface area contributed by atoms with Gasteiger partial charge in [-0.15, -0.1) is 0 Å². The van der Waals surface area contributed by atoms with Gasteiger partial charge in [-0.2, -0.15) is 0 Å².